The minimum Gasteiger partial charge on any atom is -0.355 e. The predicted molar refractivity (Wildman–Crippen MR) is 65.9 cm³/mol. The van der Waals surface area contributed by atoms with Gasteiger partial charge in [0.05, 0.1) is 0 Å². The monoisotopic (exact) mass is 205 g/mol. The molecule has 0 bridgehead atoms. The van der Waals surface area contributed by atoms with E-state index in [2.05, 4.69) is 5.32 Å². The van der Waals surface area contributed by atoms with Crippen LogP contribution in [-0.4, -0.2) is 13.0 Å². The van der Waals surface area contributed by atoms with Gasteiger partial charge in [-0.05, 0) is 24.6 Å². The molecule has 2 heteroatoms. The van der Waals surface area contributed by atoms with E-state index in [9.17, 15) is 4.79 Å². The fourth-order valence-corrected chi connectivity index (χ4v) is 1.08. The molecular formula is C13H19NO. The van der Waals surface area contributed by atoms with E-state index in [4.69, 9.17) is 0 Å². The Kier molecular flexibility index (Phi) is 6.98. The maximum atomic E-state index is 11.2. The van der Waals surface area contributed by atoms with Crippen LogP contribution in [-0.2, 0) is 0 Å². The van der Waals surface area contributed by atoms with Gasteiger partial charge >= 0.3 is 0 Å². The van der Waals surface area contributed by atoms with Crippen LogP contribution in [0.25, 0.3) is 6.08 Å². The van der Waals surface area contributed by atoms with Crippen molar-refractivity contribution < 1.29 is 4.79 Å². The molecule has 0 radical (unpaired) electrons. The van der Waals surface area contributed by atoms with E-state index >= 15 is 0 Å². The van der Waals surface area contributed by atoms with Crippen molar-refractivity contribution >= 4 is 12.0 Å². The summed E-state index contributed by atoms with van der Waals surface area (Å²) in [7, 11) is 1.63. The Morgan fingerprint density at radius 1 is 1.20 bits per heavy atom. The topological polar surface area (TPSA) is 29.1 Å². The van der Waals surface area contributed by atoms with Crippen LogP contribution in [0.5, 0.6) is 0 Å². The smallest absolute Gasteiger partial charge is 0.251 e. The number of amides is 1. The minimum absolute atomic E-state index is 0.0490. The van der Waals surface area contributed by atoms with Crippen molar-refractivity contribution in [2.75, 3.05) is 7.05 Å². The van der Waals surface area contributed by atoms with Crippen LogP contribution in [0.1, 0.15) is 36.7 Å². The highest BCUT2D eigenvalue weighted by Crippen LogP contribution is 2.05. The highest BCUT2D eigenvalue weighted by Gasteiger charge is 2.00. The van der Waals surface area contributed by atoms with E-state index in [1.165, 1.54) is 0 Å². The van der Waals surface area contributed by atoms with E-state index in [1.54, 1.807) is 7.05 Å². The third-order valence-electron chi connectivity index (χ3n) is 1.76. The summed E-state index contributed by atoms with van der Waals surface area (Å²) in [6, 6.07) is 7.47. The van der Waals surface area contributed by atoms with Crippen LogP contribution in [0, 0.1) is 0 Å². The van der Waals surface area contributed by atoms with Gasteiger partial charge in [0.1, 0.15) is 0 Å². The lowest BCUT2D eigenvalue weighted by atomic mass is 10.1. The molecule has 0 fully saturated rings. The van der Waals surface area contributed by atoms with E-state index in [0.29, 0.717) is 5.56 Å². The van der Waals surface area contributed by atoms with Crippen molar-refractivity contribution in [3.63, 3.8) is 0 Å². The first-order valence-corrected chi connectivity index (χ1v) is 5.22. The SMILES string of the molecule is C/C=C/c1ccc(C(=O)NC)cc1.CC. The molecule has 82 valence electrons. The lowest BCUT2D eigenvalue weighted by Crippen LogP contribution is -2.17. The molecule has 0 aromatic heterocycles. The maximum Gasteiger partial charge on any atom is 0.251 e. The summed E-state index contributed by atoms with van der Waals surface area (Å²) in [6.07, 6.45) is 3.96. The molecule has 0 unspecified atom stereocenters. The van der Waals surface area contributed by atoms with Crippen LogP contribution in [0.4, 0.5) is 0 Å². The third kappa shape index (κ3) is 4.45. The highest BCUT2D eigenvalue weighted by atomic mass is 16.1. The molecular weight excluding hydrogens is 186 g/mol. The van der Waals surface area contributed by atoms with Crippen LogP contribution < -0.4 is 5.32 Å². The second kappa shape index (κ2) is 7.80. The molecule has 15 heavy (non-hydrogen) atoms. The van der Waals surface area contributed by atoms with Gasteiger partial charge < -0.3 is 5.32 Å². The lowest BCUT2D eigenvalue weighted by molar-refractivity contribution is 0.0963. The van der Waals surface area contributed by atoms with Crippen molar-refractivity contribution in [3.05, 3.63) is 41.5 Å². The number of hydrogen-bond donors (Lipinski definition) is 1. The summed E-state index contributed by atoms with van der Waals surface area (Å²) in [6.45, 7) is 5.96. The lowest BCUT2D eigenvalue weighted by Gasteiger charge is -1.99. The fraction of sp³-hybridized carbons (Fsp3) is 0.308. The van der Waals surface area contributed by atoms with Gasteiger partial charge in [0.2, 0.25) is 0 Å². The first kappa shape index (κ1) is 13.4. The van der Waals surface area contributed by atoms with E-state index in [0.717, 1.165) is 5.56 Å². The molecule has 1 aromatic carbocycles. The molecule has 0 spiro atoms. The second-order valence-corrected chi connectivity index (χ2v) is 2.70. The van der Waals surface area contributed by atoms with Crippen molar-refractivity contribution in [2.24, 2.45) is 0 Å². The molecule has 0 aliphatic rings. The molecule has 1 N–H and O–H groups in total. The van der Waals surface area contributed by atoms with Crippen molar-refractivity contribution in [1.29, 1.82) is 0 Å². The Hall–Kier alpha value is -1.57. The van der Waals surface area contributed by atoms with Gasteiger partial charge in [0, 0.05) is 12.6 Å². The Morgan fingerprint density at radius 3 is 2.13 bits per heavy atom. The average Bonchev–Trinajstić information content (AvgIpc) is 2.32. The van der Waals surface area contributed by atoms with Crippen LogP contribution in [0.3, 0.4) is 0 Å². The zero-order valence-corrected chi connectivity index (χ0v) is 9.87. The second-order valence-electron chi connectivity index (χ2n) is 2.70. The summed E-state index contributed by atoms with van der Waals surface area (Å²) >= 11 is 0. The molecule has 1 aromatic rings. The third-order valence-corrected chi connectivity index (χ3v) is 1.76. The number of rotatable bonds is 2. The summed E-state index contributed by atoms with van der Waals surface area (Å²) in [5.74, 6) is -0.0490. The number of hydrogen-bond acceptors (Lipinski definition) is 1. The Labute approximate surface area is 92.0 Å². The van der Waals surface area contributed by atoms with E-state index < -0.39 is 0 Å². The number of carbonyl (C=O) groups excluding carboxylic acids is 1. The number of allylic oxidation sites excluding steroid dienone is 1. The van der Waals surface area contributed by atoms with E-state index in [1.807, 2.05) is 57.2 Å². The van der Waals surface area contributed by atoms with Gasteiger partial charge in [-0.25, -0.2) is 0 Å². The van der Waals surface area contributed by atoms with Gasteiger partial charge in [0.15, 0.2) is 0 Å². The normalized spacial score (nSPS) is 9.33. The van der Waals surface area contributed by atoms with Crippen LogP contribution >= 0.6 is 0 Å². The van der Waals surface area contributed by atoms with E-state index in [-0.39, 0.29) is 5.91 Å². The molecule has 0 saturated heterocycles. The highest BCUT2D eigenvalue weighted by molar-refractivity contribution is 5.94. The number of carbonyl (C=O) groups is 1. The number of nitrogens with one attached hydrogen (secondary N) is 1. The van der Waals surface area contributed by atoms with Crippen molar-refractivity contribution in [2.45, 2.75) is 20.8 Å². The largest absolute Gasteiger partial charge is 0.355 e. The zero-order chi connectivity index (χ0) is 11.7. The molecule has 0 aliphatic carbocycles. The number of benzene rings is 1. The van der Waals surface area contributed by atoms with Gasteiger partial charge in [-0.3, -0.25) is 4.79 Å². The van der Waals surface area contributed by atoms with Gasteiger partial charge in [-0.2, -0.15) is 0 Å². The van der Waals surface area contributed by atoms with Crippen molar-refractivity contribution in [1.82, 2.24) is 5.32 Å². The summed E-state index contributed by atoms with van der Waals surface area (Å²) in [5.41, 5.74) is 1.80. The zero-order valence-electron chi connectivity index (χ0n) is 9.87. The Balaban J connectivity index is 0.000000921. The van der Waals surface area contributed by atoms with Gasteiger partial charge in [0.25, 0.3) is 5.91 Å². The predicted octanol–water partition coefficient (Wildman–Crippen LogP) is 3.11. The van der Waals surface area contributed by atoms with Gasteiger partial charge in [-0.1, -0.05) is 38.1 Å². The fourth-order valence-electron chi connectivity index (χ4n) is 1.08. The van der Waals surface area contributed by atoms with Gasteiger partial charge in [-0.15, -0.1) is 0 Å². The standard InChI is InChI=1S/C11H13NO.C2H6/c1-3-4-9-5-7-10(8-6-9)11(13)12-2;1-2/h3-8H,1-2H3,(H,12,13);1-2H3/b4-3+;. The molecule has 1 amide bonds. The molecule has 0 saturated carbocycles. The first-order valence-electron chi connectivity index (χ1n) is 5.22. The first-order chi connectivity index (χ1) is 7.27. The Morgan fingerprint density at radius 2 is 1.73 bits per heavy atom. The molecule has 0 heterocycles. The molecule has 2 nitrogen and oxygen atoms in total. The summed E-state index contributed by atoms with van der Waals surface area (Å²) < 4.78 is 0. The maximum absolute atomic E-state index is 11.2. The van der Waals surface area contributed by atoms with Crippen molar-refractivity contribution in [3.8, 4) is 0 Å². The molecule has 1 rings (SSSR count). The summed E-state index contributed by atoms with van der Waals surface area (Å²) in [4.78, 5) is 11.2. The molecule has 0 aliphatic heterocycles. The average molecular weight is 205 g/mol. The summed E-state index contributed by atoms with van der Waals surface area (Å²) in [5, 5.41) is 2.58. The molecule has 0 atom stereocenters. The Bertz CT molecular complexity index is 312. The minimum atomic E-state index is -0.0490. The van der Waals surface area contributed by atoms with Crippen LogP contribution in [0.15, 0.2) is 30.3 Å². The van der Waals surface area contributed by atoms with Crippen LogP contribution in [0.2, 0.25) is 0 Å². The quantitative estimate of drug-likeness (QED) is 0.789.